The zero-order valence-corrected chi connectivity index (χ0v) is 21.7. The topological polar surface area (TPSA) is 76.5 Å². The summed E-state index contributed by atoms with van der Waals surface area (Å²) < 4.78 is 7.74. The standard InChI is InChI=1S/C30H32N4O3/c1-30(2,3)21-13-14-26-25(17-21)34(29(36)19-37-26)18-28(35)31-22-9-7-8-20(16-22)12-15-27-32-23-10-5-6-11-24(23)33(27)4/h5-11,13-14,16-17H,12,15,18-19H2,1-4H3,(H,31,35). The van der Waals surface area contributed by atoms with Crippen LogP contribution in [0.5, 0.6) is 5.75 Å². The number of hydrogen-bond acceptors (Lipinski definition) is 4. The summed E-state index contributed by atoms with van der Waals surface area (Å²) in [5, 5.41) is 2.96. The molecule has 0 radical (unpaired) electrons. The van der Waals surface area contributed by atoms with Crippen LogP contribution in [0, 0.1) is 0 Å². The van der Waals surface area contributed by atoms with Crippen molar-refractivity contribution in [2.75, 3.05) is 23.4 Å². The minimum atomic E-state index is -0.255. The lowest BCUT2D eigenvalue weighted by Gasteiger charge is -2.31. The molecule has 0 atom stereocenters. The van der Waals surface area contributed by atoms with E-state index in [2.05, 4.69) is 36.7 Å². The lowest BCUT2D eigenvalue weighted by atomic mass is 9.86. The number of fused-ring (bicyclic) bond motifs is 2. The summed E-state index contributed by atoms with van der Waals surface area (Å²) in [6.45, 7) is 6.18. The average molecular weight is 497 g/mol. The van der Waals surface area contributed by atoms with Gasteiger partial charge in [-0.15, -0.1) is 0 Å². The maximum atomic E-state index is 13.0. The highest BCUT2D eigenvalue weighted by molar-refractivity contribution is 6.05. The molecule has 2 heterocycles. The molecule has 3 aromatic carbocycles. The highest BCUT2D eigenvalue weighted by Crippen LogP contribution is 2.36. The Morgan fingerprint density at radius 3 is 2.62 bits per heavy atom. The molecule has 4 aromatic rings. The number of anilines is 2. The monoisotopic (exact) mass is 496 g/mol. The van der Waals surface area contributed by atoms with Crippen molar-refractivity contribution in [3.05, 3.63) is 83.7 Å². The first-order valence-electron chi connectivity index (χ1n) is 12.6. The van der Waals surface area contributed by atoms with Gasteiger partial charge in [0.15, 0.2) is 6.61 Å². The van der Waals surface area contributed by atoms with Gasteiger partial charge in [0.05, 0.1) is 16.7 Å². The van der Waals surface area contributed by atoms with E-state index < -0.39 is 0 Å². The number of para-hydroxylation sites is 2. The van der Waals surface area contributed by atoms with Crippen LogP contribution < -0.4 is 15.0 Å². The van der Waals surface area contributed by atoms with E-state index in [1.807, 2.05) is 67.7 Å². The first kappa shape index (κ1) is 24.6. The molecule has 7 nitrogen and oxygen atoms in total. The van der Waals surface area contributed by atoms with Crippen LogP contribution in [0.1, 0.15) is 37.7 Å². The SMILES string of the molecule is Cn1c(CCc2cccc(NC(=O)CN3C(=O)COc4ccc(C(C)(C)C)cc43)c2)nc2ccccc21. The van der Waals surface area contributed by atoms with Gasteiger partial charge in [-0.1, -0.05) is 51.1 Å². The molecule has 0 spiro atoms. The van der Waals surface area contributed by atoms with Crippen molar-refractivity contribution in [3.8, 4) is 5.75 Å². The smallest absolute Gasteiger partial charge is 0.265 e. The first-order valence-corrected chi connectivity index (χ1v) is 12.6. The minimum Gasteiger partial charge on any atom is -0.482 e. The predicted octanol–water partition coefficient (Wildman–Crippen LogP) is 5.02. The minimum absolute atomic E-state index is 0.0765. The third kappa shape index (κ3) is 5.21. The van der Waals surface area contributed by atoms with Crippen LogP contribution in [0.3, 0.4) is 0 Å². The highest BCUT2D eigenvalue weighted by Gasteiger charge is 2.29. The van der Waals surface area contributed by atoms with Crippen molar-refractivity contribution in [3.63, 3.8) is 0 Å². The second kappa shape index (κ2) is 9.73. The molecule has 190 valence electrons. The van der Waals surface area contributed by atoms with E-state index in [4.69, 9.17) is 9.72 Å². The normalized spacial score (nSPS) is 13.4. The molecule has 0 fully saturated rings. The van der Waals surface area contributed by atoms with Crippen molar-refractivity contribution in [2.45, 2.75) is 39.0 Å². The van der Waals surface area contributed by atoms with Crippen LogP contribution in [-0.2, 0) is 34.9 Å². The molecule has 7 heteroatoms. The lowest BCUT2D eigenvalue weighted by molar-refractivity contribution is -0.123. The maximum absolute atomic E-state index is 13.0. The van der Waals surface area contributed by atoms with E-state index in [1.165, 1.54) is 4.90 Å². The molecule has 1 aliphatic heterocycles. The summed E-state index contributed by atoms with van der Waals surface area (Å²) in [7, 11) is 2.04. The number of nitrogens with zero attached hydrogens (tertiary/aromatic N) is 3. The Bertz CT molecular complexity index is 1480. The van der Waals surface area contributed by atoms with Gasteiger partial charge in [-0.3, -0.25) is 14.5 Å². The average Bonchev–Trinajstić information content (AvgIpc) is 3.19. The van der Waals surface area contributed by atoms with Gasteiger partial charge in [0.25, 0.3) is 5.91 Å². The molecule has 5 rings (SSSR count). The molecule has 2 amide bonds. The van der Waals surface area contributed by atoms with Crippen LogP contribution in [0.15, 0.2) is 66.7 Å². The molecule has 1 N–H and O–H groups in total. The summed E-state index contributed by atoms with van der Waals surface area (Å²) in [4.78, 5) is 31.9. The number of carbonyl (C=O) groups excluding carboxylic acids is 2. The number of amides is 2. The number of aryl methyl sites for hydroxylation is 3. The van der Waals surface area contributed by atoms with Crippen molar-refractivity contribution in [1.29, 1.82) is 0 Å². The molecular formula is C30H32N4O3. The Labute approximate surface area is 217 Å². The molecule has 0 saturated heterocycles. The second-order valence-corrected chi connectivity index (χ2v) is 10.5. The fourth-order valence-electron chi connectivity index (χ4n) is 4.67. The summed E-state index contributed by atoms with van der Waals surface area (Å²) in [6.07, 6.45) is 1.59. The van der Waals surface area contributed by atoms with E-state index >= 15 is 0 Å². The number of hydrogen-bond donors (Lipinski definition) is 1. The third-order valence-electron chi connectivity index (χ3n) is 6.80. The van der Waals surface area contributed by atoms with Gasteiger partial charge in [0.1, 0.15) is 18.1 Å². The van der Waals surface area contributed by atoms with Crippen LogP contribution in [-0.4, -0.2) is 34.5 Å². The van der Waals surface area contributed by atoms with Gasteiger partial charge in [-0.25, -0.2) is 4.98 Å². The van der Waals surface area contributed by atoms with E-state index in [-0.39, 0.29) is 30.4 Å². The third-order valence-corrected chi connectivity index (χ3v) is 6.80. The van der Waals surface area contributed by atoms with Gasteiger partial charge in [-0.2, -0.15) is 0 Å². The number of ether oxygens (including phenoxy) is 1. The Morgan fingerprint density at radius 2 is 1.84 bits per heavy atom. The number of aromatic nitrogens is 2. The Balaban J connectivity index is 1.27. The molecular weight excluding hydrogens is 464 g/mol. The molecule has 37 heavy (non-hydrogen) atoms. The van der Waals surface area contributed by atoms with Gasteiger partial charge >= 0.3 is 0 Å². The molecule has 0 saturated carbocycles. The van der Waals surface area contributed by atoms with Crippen molar-refractivity contribution < 1.29 is 14.3 Å². The quantitative estimate of drug-likeness (QED) is 0.407. The van der Waals surface area contributed by atoms with Crippen molar-refractivity contribution in [1.82, 2.24) is 9.55 Å². The molecule has 0 bridgehead atoms. The van der Waals surface area contributed by atoms with Crippen molar-refractivity contribution >= 4 is 34.2 Å². The molecule has 0 unspecified atom stereocenters. The maximum Gasteiger partial charge on any atom is 0.265 e. The van der Waals surface area contributed by atoms with Gasteiger partial charge in [-0.05, 0) is 59.4 Å². The fourth-order valence-corrected chi connectivity index (χ4v) is 4.67. The summed E-state index contributed by atoms with van der Waals surface area (Å²) in [5.41, 5.74) is 5.54. The number of nitrogens with one attached hydrogen (secondary N) is 1. The first-order chi connectivity index (χ1) is 17.7. The zero-order valence-electron chi connectivity index (χ0n) is 21.7. The lowest BCUT2D eigenvalue weighted by Crippen LogP contribution is -2.43. The van der Waals surface area contributed by atoms with Crippen LogP contribution in [0.25, 0.3) is 11.0 Å². The van der Waals surface area contributed by atoms with E-state index in [0.29, 0.717) is 17.1 Å². The van der Waals surface area contributed by atoms with Gasteiger partial charge < -0.3 is 14.6 Å². The van der Waals surface area contributed by atoms with E-state index in [9.17, 15) is 9.59 Å². The zero-order chi connectivity index (χ0) is 26.2. The molecule has 0 aliphatic carbocycles. The number of rotatable bonds is 6. The highest BCUT2D eigenvalue weighted by atomic mass is 16.5. The van der Waals surface area contributed by atoms with Crippen LogP contribution in [0.2, 0.25) is 0 Å². The Morgan fingerprint density at radius 1 is 1.03 bits per heavy atom. The Hall–Kier alpha value is -4.13. The second-order valence-electron chi connectivity index (χ2n) is 10.5. The predicted molar refractivity (Wildman–Crippen MR) is 146 cm³/mol. The number of benzene rings is 3. The fraction of sp³-hybridized carbons (Fsp3) is 0.300. The number of carbonyl (C=O) groups is 2. The molecule has 1 aromatic heterocycles. The Kier molecular flexibility index (Phi) is 6.46. The summed E-state index contributed by atoms with van der Waals surface area (Å²) >= 11 is 0. The van der Waals surface area contributed by atoms with E-state index in [1.54, 1.807) is 0 Å². The van der Waals surface area contributed by atoms with E-state index in [0.717, 1.165) is 40.8 Å². The van der Waals surface area contributed by atoms with Crippen LogP contribution >= 0.6 is 0 Å². The van der Waals surface area contributed by atoms with Crippen molar-refractivity contribution in [2.24, 2.45) is 7.05 Å². The van der Waals surface area contributed by atoms with Crippen LogP contribution in [0.4, 0.5) is 11.4 Å². The number of imidazole rings is 1. The van der Waals surface area contributed by atoms with Gasteiger partial charge in [0, 0.05) is 19.2 Å². The summed E-state index contributed by atoms with van der Waals surface area (Å²) in [5.74, 6) is 1.15. The van der Waals surface area contributed by atoms with Gasteiger partial charge in [0.2, 0.25) is 5.91 Å². The summed E-state index contributed by atoms with van der Waals surface area (Å²) in [6, 6.07) is 21.8. The molecule has 1 aliphatic rings. The largest absolute Gasteiger partial charge is 0.482 e.